The summed E-state index contributed by atoms with van der Waals surface area (Å²) in [5, 5.41) is 4.97. The van der Waals surface area contributed by atoms with Gasteiger partial charge in [-0.1, -0.05) is 12.1 Å². The number of carbonyl (C=O) groups excluding carboxylic acids is 1. The Morgan fingerprint density at radius 2 is 1.63 bits per heavy atom. The molecule has 27 heavy (non-hydrogen) atoms. The van der Waals surface area contributed by atoms with E-state index in [0.29, 0.717) is 17.3 Å². The Balaban J connectivity index is 2.11. The molecule has 4 nitrogen and oxygen atoms in total. The molecule has 1 amide bonds. The Hall–Kier alpha value is -2.70. The zero-order valence-electron chi connectivity index (χ0n) is 15.6. The van der Waals surface area contributed by atoms with Crippen LogP contribution in [0, 0.1) is 0 Å². The summed E-state index contributed by atoms with van der Waals surface area (Å²) in [4.78, 5) is 14.7. The zero-order valence-corrected chi connectivity index (χ0v) is 15.6. The molecule has 0 aliphatic carbocycles. The van der Waals surface area contributed by atoms with Crippen molar-refractivity contribution in [2.24, 2.45) is 0 Å². The largest absolute Gasteiger partial charge is 0.405 e. The number of hydrogen-bond acceptors (Lipinski definition) is 3. The van der Waals surface area contributed by atoms with Crippen molar-refractivity contribution in [3.8, 4) is 0 Å². The molecular weight excluding hydrogens is 355 g/mol. The zero-order chi connectivity index (χ0) is 20.0. The van der Waals surface area contributed by atoms with Crippen LogP contribution in [0.25, 0.3) is 0 Å². The number of benzene rings is 2. The Bertz CT molecular complexity index is 758. The number of nitrogens with zero attached hydrogens (tertiary/aromatic N) is 1. The van der Waals surface area contributed by atoms with E-state index in [2.05, 4.69) is 36.3 Å². The first kappa shape index (κ1) is 20.6. The molecule has 7 heteroatoms. The minimum atomic E-state index is -4.34. The van der Waals surface area contributed by atoms with Crippen LogP contribution in [-0.2, 0) is 0 Å². The fraction of sp³-hybridized carbons (Fsp3) is 0.350. The molecule has 146 valence electrons. The third-order valence-electron chi connectivity index (χ3n) is 4.08. The summed E-state index contributed by atoms with van der Waals surface area (Å²) in [5.74, 6) is -0.379. The molecule has 2 N–H and O–H groups in total. The number of alkyl halides is 3. The molecule has 0 bridgehead atoms. The molecule has 0 unspecified atom stereocenters. The second-order valence-electron chi connectivity index (χ2n) is 6.40. The maximum absolute atomic E-state index is 12.5. The van der Waals surface area contributed by atoms with E-state index < -0.39 is 12.7 Å². The van der Waals surface area contributed by atoms with Crippen LogP contribution < -0.4 is 15.5 Å². The van der Waals surface area contributed by atoms with Crippen LogP contribution in [0.3, 0.4) is 0 Å². The van der Waals surface area contributed by atoms with Crippen LogP contribution in [0.2, 0.25) is 0 Å². The highest BCUT2D eigenvalue weighted by molar-refractivity contribution is 6.06. The second-order valence-corrected chi connectivity index (χ2v) is 6.40. The first-order valence-electron chi connectivity index (χ1n) is 8.79. The number of halogens is 3. The third kappa shape index (κ3) is 5.91. The minimum Gasteiger partial charge on any atom is -0.375 e. The lowest BCUT2D eigenvalue weighted by Gasteiger charge is -2.27. The molecule has 0 spiro atoms. The van der Waals surface area contributed by atoms with Gasteiger partial charge in [0.2, 0.25) is 0 Å². The van der Waals surface area contributed by atoms with Crippen LogP contribution in [-0.4, -0.2) is 31.2 Å². The van der Waals surface area contributed by atoms with Crippen molar-refractivity contribution < 1.29 is 18.0 Å². The van der Waals surface area contributed by atoms with Crippen molar-refractivity contribution in [1.29, 1.82) is 0 Å². The summed E-state index contributed by atoms with van der Waals surface area (Å²) in [6.07, 6.45) is -4.34. The topological polar surface area (TPSA) is 44.4 Å². The summed E-state index contributed by atoms with van der Waals surface area (Å²) >= 11 is 0. The Morgan fingerprint density at radius 1 is 1.04 bits per heavy atom. The maximum atomic E-state index is 12.5. The quantitative estimate of drug-likeness (QED) is 0.699. The lowest BCUT2D eigenvalue weighted by atomic mass is 10.1. The van der Waals surface area contributed by atoms with Gasteiger partial charge in [0.25, 0.3) is 5.91 Å². The molecule has 0 heterocycles. The van der Waals surface area contributed by atoms with Crippen molar-refractivity contribution in [3.05, 3.63) is 54.1 Å². The van der Waals surface area contributed by atoms with E-state index in [9.17, 15) is 18.0 Å². The van der Waals surface area contributed by atoms with E-state index >= 15 is 0 Å². The van der Waals surface area contributed by atoms with Gasteiger partial charge in [0.1, 0.15) is 6.54 Å². The highest BCUT2D eigenvalue weighted by atomic mass is 19.4. The summed E-state index contributed by atoms with van der Waals surface area (Å²) in [5.41, 5.74) is 1.96. The standard InChI is InChI=1S/C20H24F3N3O/c1-4-26(14(2)3)16-11-9-15(10-12-16)19(27)25-18-8-6-5-7-17(18)24-13-20(21,22)23/h5-12,14,24H,4,13H2,1-3H3,(H,25,27). The summed E-state index contributed by atoms with van der Waals surface area (Å²) in [7, 11) is 0. The van der Waals surface area contributed by atoms with Crippen LogP contribution in [0.5, 0.6) is 0 Å². The van der Waals surface area contributed by atoms with Crippen molar-refractivity contribution in [2.75, 3.05) is 28.6 Å². The Morgan fingerprint density at radius 3 is 2.15 bits per heavy atom. The first-order valence-corrected chi connectivity index (χ1v) is 8.79. The summed E-state index contributed by atoms with van der Waals surface area (Å²) in [6.45, 7) is 5.92. The normalized spacial score (nSPS) is 11.4. The molecule has 0 aliphatic heterocycles. The number of amides is 1. The molecule has 0 fully saturated rings. The van der Waals surface area contributed by atoms with Gasteiger partial charge in [-0.3, -0.25) is 4.79 Å². The van der Waals surface area contributed by atoms with Gasteiger partial charge in [-0.25, -0.2) is 0 Å². The van der Waals surface area contributed by atoms with E-state index in [0.717, 1.165) is 12.2 Å². The number of hydrogen-bond donors (Lipinski definition) is 2. The fourth-order valence-electron chi connectivity index (χ4n) is 2.79. The average Bonchev–Trinajstić information content (AvgIpc) is 2.61. The third-order valence-corrected chi connectivity index (χ3v) is 4.08. The van der Waals surface area contributed by atoms with Gasteiger partial charge in [-0.15, -0.1) is 0 Å². The van der Waals surface area contributed by atoms with Gasteiger partial charge < -0.3 is 15.5 Å². The molecular formula is C20H24F3N3O. The van der Waals surface area contributed by atoms with Crippen molar-refractivity contribution >= 4 is 23.0 Å². The SMILES string of the molecule is CCN(c1ccc(C(=O)Nc2ccccc2NCC(F)(F)F)cc1)C(C)C. The van der Waals surface area contributed by atoms with Gasteiger partial charge in [-0.05, 0) is 57.2 Å². The number of rotatable bonds is 7. The molecule has 0 saturated heterocycles. The van der Waals surface area contributed by atoms with Gasteiger partial charge in [0.05, 0.1) is 11.4 Å². The van der Waals surface area contributed by atoms with Gasteiger partial charge >= 0.3 is 6.18 Å². The lowest BCUT2D eigenvalue weighted by molar-refractivity contribution is -0.115. The number of para-hydroxylation sites is 2. The lowest BCUT2D eigenvalue weighted by Crippen LogP contribution is -2.30. The Labute approximate surface area is 157 Å². The van der Waals surface area contributed by atoms with E-state index in [1.54, 1.807) is 30.3 Å². The number of anilines is 3. The molecule has 0 saturated carbocycles. The minimum absolute atomic E-state index is 0.219. The van der Waals surface area contributed by atoms with Gasteiger partial charge in [-0.2, -0.15) is 13.2 Å². The highest BCUT2D eigenvalue weighted by Crippen LogP contribution is 2.25. The fourth-order valence-corrected chi connectivity index (χ4v) is 2.79. The molecule has 2 aromatic rings. The highest BCUT2D eigenvalue weighted by Gasteiger charge is 2.27. The van der Waals surface area contributed by atoms with Crippen molar-refractivity contribution in [3.63, 3.8) is 0 Å². The number of carbonyl (C=O) groups is 1. The predicted molar refractivity (Wildman–Crippen MR) is 104 cm³/mol. The van der Waals surface area contributed by atoms with Crippen molar-refractivity contribution in [2.45, 2.75) is 33.0 Å². The van der Waals surface area contributed by atoms with Crippen LogP contribution in [0.1, 0.15) is 31.1 Å². The molecule has 2 aromatic carbocycles. The first-order chi connectivity index (χ1) is 12.7. The van der Waals surface area contributed by atoms with Crippen LogP contribution in [0.4, 0.5) is 30.2 Å². The van der Waals surface area contributed by atoms with Gasteiger partial charge in [0.15, 0.2) is 0 Å². The van der Waals surface area contributed by atoms with Crippen LogP contribution in [0.15, 0.2) is 48.5 Å². The monoisotopic (exact) mass is 379 g/mol. The molecule has 0 radical (unpaired) electrons. The summed E-state index contributed by atoms with van der Waals surface area (Å²) < 4.78 is 37.3. The molecule has 0 aromatic heterocycles. The van der Waals surface area contributed by atoms with Gasteiger partial charge in [0, 0.05) is 23.8 Å². The molecule has 0 aliphatic rings. The smallest absolute Gasteiger partial charge is 0.375 e. The van der Waals surface area contributed by atoms with E-state index in [4.69, 9.17) is 0 Å². The number of nitrogens with one attached hydrogen (secondary N) is 2. The maximum Gasteiger partial charge on any atom is 0.405 e. The van der Waals surface area contributed by atoms with E-state index in [1.165, 1.54) is 6.07 Å². The predicted octanol–water partition coefficient (Wildman–Crippen LogP) is 5.15. The van der Waals surface area contributed by atoms with E-state index in [1.807, 2.05) is 12.1 Å². The molecule has 0 atom stereocenters. The summed E-state index contributed by atoms with van der Waals surface area (Å²) in [6, 6.07) is 13.8. The molecule has 2 rings (SSSR count). The average molecular weight is 379 g/mol. The van der Waals surface area contributed by atoms with E-state index in [-0.39, 0.29) is 11.6 Å². The van der Waals surface area contributed by atoms with Crippen molar-refractivity contribution in [1.82, 2.24) is 0 Å². The van der Waals surface area contributed by atoms with Crippen LogP contribution >= 0.6 is 0 Å². The second kappa shape index (κ2) is 8.79. The Kier molecular flexibility index (Phi) is 6.71.